The number of aliphatic carboxylic acids is 1. The molecule has 29 heavy (non-hydrogen) atoms. The molecule has 0 bridgehead atoms. The Balaban J connectivity index is 1.83. The molecule has 7 heteroatoms. The van der Waals surface area contributed by atoms with E-state index in [1.54, 1.807) is 17.4 Å². The average Bonchev–Trinajstić information content (AvgIpc) is 3.11. The van der Waals surface area contributed by atoms with E-state index in [0.29, 0.717) is 32.1 Å². The molecular weight excluding hydrogens is 456 g/mol. The van der Waals surface area contributed by atoms with Crippen LogP contribution in [-0.2, 0) is 11.2 Å². The number of rotatable bonds is 11. The number of carboxylic acids is 1. The summed E-state index contributed by atoms with van der Waals surface area (Å²) in [5.41, 5.74) is 1.21. The van der Waals surface area contributed by atoms with Crippen molar-refractivity contribution < 1.29 is 25.2 Å². The van der Waals surface area contributed by atoms with Gasteiger partial charge >= 0.3 is 5.97 Å². The minimum Gasteiger partial charge on any atom is -0.481 e. The fourth-order valence-corrected chi connectivity index (χ4v) is 5.38. The molecule has 1 heterocycles. The summed E-state index contributed by atoms with van der Waals surface area (Å²) in [6.45, 7) is 2.05. The van der Waals surface area contributed by atoms with Gasteiger partial charge in [-0.2, -0.15) is 0 Å². The van der Waals surface area contributed by atoms with Gasteiger partial charge in [0.15, 0.2) is 0 Å². The molecule has 1 aromatic rings. The van der Waals surface area contributed by atoms with Crippen molar-refractivity contribution >= 4 is 33.2 Å². The van der Waals surface area contributed by atoms with Crippen LogP contribution >= 0.6 is 27.3 Å². The zero-order valence-electron chi connectivity index (χ0n) is 16.7. The van der Waals surface area contributed by atoms with Gasteiger partial charge in [-0.15, -0.1) is 11.3 Å². The quantitative estimate of drug-likeness (QED) is 0.277. The van der Waals surface area contributed by atoms with Gasteiger partial charge in [0.1, 0.15) is 0 Å². The molecule has 1 aliphatic rings. The minimum absolute atomic E-state index is 0.0972. The third-order valence-electron chi connectivity index (χ3n) is 5.40. The zero-order chi connectivity index (χ0) is 21.4. The smallest absolute Gasteiger partial charge is 0.303 e. The normalized spacial score (nSPS) is 26.0. The lowest BCUT2D eigenvalue weighted by Crippen LogP contribution is -2.20. The summed E-state index contributed by atoms with van der Waals surface area (Å²) in [6, 6.07) is 2.13. The van der Waals surface area contributed by atoms with Crippen LogP contribution in [0.25, 0.3) is 0 Å². The van der Waals surface area contributed by atoms with E-state index < -0.39 is 24.3 Å². The summed E-state index contributed by atoms with van der Waals surface area (Å²) >= 11 is 5.20. The Morgan fingerprint density at radius 3 is 2.76 bits per heavy atom. The fourth-order valence-electron chi connectivity index (χ4n) is 3.74. The number of allylic oxidation sites excluding steroid dienone is 2. The number of aliphatic hydroxyl groups excluding tert-OH is 3. The lowest BCUT2D eigenvalue weighted by molar-refractivity contribution is -0.137. The maximum absolute atomic E-state index is 10.5. The highest BCUT2D eigenvalue weighted by molar-refractivity contribution is 9.11. The molecule has 0 amide bonds. The molecule has 1 fully saturated rings. The lowest BCUT2D eigenvalue weighted by Gasteiger charge is -2.19. The fraction of sp³-hybridized carbons (Fsp3) is 0.591. The first kappa shape index (κ1) is 24.3. The van der Waals surface area contributed by atoms with Gasteiger partial charge in [-0.1, -0.05) is 24.3 Å². The van der Waals surface area contributed by atoms with Crippen LogP contribution in [0.1, 0.15) is 49.0 Å². The van der Waals surface area contributed by atoms with Gasteiger partial charge in [0.05, 0.1) is 22.1 Å². The molecule has 0 aliphatic heterocycles. The van der Waals surface area contributed by atoms with Crippen LogP contribution in [0, 0.1) is 18.8 Å². The maximum atomic E-state index is 10.5. The Labute approximate surface area is 184 Å². The second-order valence-corrected chi connectivity index (χ2v) is 10.2. The summed E-state index contributed by atoms with van der Waals surface area (Å²) in [6.07, 6.45) is 9.52. The van der Waals surface area contributed by atoms with Crippen LogP contribution in [0.4, 0.5) is 0 Å². The van der Waals surface area contributed by atoms with Crippen LogP contribution < -0.4 is 0 Å². The van der Waals surface area contributed by atoms with Crippen LogP contribution in [0.5, 0.6) is 0 Å². The molecule has 1 aromatic heterocycles. The molecule has 5 nitrogen and oxygen atoms in total. The summed E-state index contributed by atoms with van der Waals surface area (Å²) in [4.78, 5) is 11.7. The van der Waals surface area contributed by atoms with E-state index in [1.807, 2.05) is 25.2 Å². The number of carbonyl (C=O) groups is 1. The van der Waals surface area contributed by atoms with Crippen molar-refractivity contribution in [2.24, 2.45) is 11.8 Å². The second kappa shape index (κ2) is 12.0. The minimum atomic E-state index is -0.793. The highest BCUT2D eigenvalue weighted by atomic mass is 79.9. The van der Waals surface area contributed by atoms with Crippen molar-refractivity contribution in [2.45, 2.75) is 70.2 Å². The van der Waals surface area contributed by atoms with Crippen molar-refractivity contribution in [2.75, 3.05) is 0 Å². The summed E-state index contributed by atoms with van der Waals surface area (Å²) in [7, 11) is 0. The number of hydrogen-bond donors (Lipinski definition) is 4. The molecule has 0 radical (unpaired) electrons. The first-order valence-electron chi connectivity index (χ1n) is 10.1. The number of unbranched alkanes of at least 4 members (excludes halogenated alkanes) is 1. The molecule has 0 spiro atoms. The maximum Gasteiger partial charge on any atom is 0.303 e. The number of hydrogen-bond acceptors (Lipinski definition) is 5. The molecule has 2 rings (SSSR count). The van der Waals surface area contributed by atoms with Gasteiger partial charge in [-0.3, -0.25) is 4.79 Å². The molecule has 162 valence electrons. The largest absolute Gasteiger partial charge is 0.481 e. The Bertz CT molecular complexity index is 695. The number of aryl methyl sites for hydroxylation is 2. The van der Waals surface area contributed by atoms with Gasteiger partial charge in [-0.25, -0.2) is 0 Å². The van der Waals surface area contributed by atoms with Crippen LogP contribution in [0.3, 0.4) is 0 Å². The van der Waals surface area contributed by atoms with Crippen molar-refractivity contribution in [3.8, 4) is 0 Å². The van der Waals surface area contributed by atoms with Crippen LogP contribution in [0.2, 0.25) is 0 Å². The third-order valence-corrected chi connectivity index (χ3v) is 7.60. The molecular formula is C22H31BrO5S. The van der Waals surface area contributed by atoms with Crippen molar-refractivity contribution in [3.05, 3.63) is 44.6 Å². The predicted molar refractivity (Wildman–Crippen MR) is 119 cm³/mol. The van der Waals surface area contributed by atoms with Crippen LogP contribution in [-0.4, -0.2) is 44.7 Å². The van der Waals surface area contributed by atoms with Gasteiger partial charge in [-0.05, 0) is 72.5 Å². The second-order valence-electron chi connectivity index (χ2n) is 7.77. The van der Waals surface area contributed by atoms with Crippen LogP contribution in [0.15, 0.2) is 34.2 Å². The molecule has 0 saturated heterocycles. The summed E-state index contributed by atoms with van der Waals surface area (Å²) < 4.78 is 1.12. The van der Waals surface area contributed by atoms with E-state index in [-0.39, 0.29) is 18.3 Å². The Hall–Kier alpha value is -0.990. The van der Waals surface area contributed by atoms with E-state index in [2.05, 4.69) is 22.0 Å². The summed E-state index contributed by atoms with van der Waals surface area (Å²) in [5.74, 6) is -1.08. The Morgan fingerprint density at radius 2 is 2.10 bits per heavy atom. The SMILES string of the molecule is Cc1cc(CCC(O)/C=C/C2C(O)CC(O)[C@@H]2C/C=C\CCCC(=O)O)sc1Br. The number of halogens is 1. The first-order valence-corrected chi connectivity index (χ1v) is 11.7. The predicted octanol–water partition coefficient (Wildman–Crippen LogP) is 4.23. The van der Waals surface area contributed by atoms with E-state index in [0.717, 1.165) is 10.2 Å². The van der Waals surface area contributed by atoms with E-state index in [9.17, 15) is 20.1 Å². The topological polar surface area (TPSA) is 98.0 Å². The standard InChI is InChI=1S/C22H31BrO5S/c1-14-12-16(29-22(14)23)10-8-15(24)9-11-18-17(19(25)13-20(18)26)6-4-2-3-5-7-21(27)28/h2,4,9,11-12,15,17-20,24-26H,3,5-8,10,13H2,1H3,(H,27,28)/b4-2-,11-9+/t15?,17-,18?,19?,20?/m1/s1. The number of thiophene rings is 1. The van der Waals surface area contributed by atoms with E-state index >= 15 is 0 Å². The average molecular weight is 487 g/mol. The molecule has 1 saturated carbocycles. The summed E-state index contributed by atoms with van der Waals surface area (Å²) in [5, 5.41) is 39.5. The zero-order valence-corrected chi connectivity index (χ0v) is 19.1. The number of aliphatic hydroxyl groups is 3. The molecule has 4 N–H and O–H groups in total. The molecule has 1 aliphatic carbocycles. The van der Waals surface area contributed by atoms with E-state index in [1.165, 1.54) is 10.4 Å². The number of carboxylic acid groups (broad SMARTS) is 1. The van der Waals surface area contributed by atoms with Crippen molar-refractivity contribution in [3.63, 3.8) is 0 Å². The van der Waals surface area contributed by atoms with Crippen molar-refractivity contribution in [1.29, 1.82) is 0 Å². The van der Waals surface area contributed by atoms with Gasteiger partial charge in [0.25, 0.3) is 0 Å². The Kier molecular flexibility index (Phi) is 10.1. The molecule has 5 atom stereocenters. The van der Waals surface area contributed by atoms with Gasteiger partial charge in [0, 0.05) is 23.6 Å². The third kappa shape index (κ3) is 7.98. The van der Waals surface area contributed by atoms with Gasteiger partial charge in [0.2, 0.25) is 0 Å². The highest BCUT2D eigenvalue weighted by Crippen LogP contribution is 2.36. The first-order chi connectivity index (χ1) is 13.8. The molecule has 0 aromatic carbocycles. The monoisotopic (exact) mass is 486 g/mol. The molecule has 4 unspecified atom stereocenters. The highest BCUT2D eigenvalue weighted by Gasteiger charge is 2.39. The van der Waals surface area contributed by atoms with Crippen molar-refractivity contribution in [1.82, 2.24) is 0 Å². The van der Waals surface area contributed by atoms with E-state index in [4.69, 9.17) is 5.11 Å². The van der Waals surface area contributed by atoms with Gasteiger partial charge < -0.3 is 20.4 Å². The lowest BCUT2D eigenvalue weighted by atomic mass is 9.89. The Morgan fingerprint density at radius 1 is 1.34 bits per heavy atom.